The van der Waals surface area contributed by atoms with Crippen molar-refractivity contribution in [2.75, 3.05) is 4.90 Å². The number of hydrogen-bond donors (Lipinski definition) is 0. The van der Waals surface area contributed by atoms with Crippen molar-refractivity contribution in [2.45, 2.75) is 54.0 Å². The SMILES string of the molecule is C=C(CC(C)(C)C)N(Cc1ccc(-c2ccc(CC)c(C)c2)cc1)c1nccc2ccccc12. The Hall–Kier alpha value is -3.39. The molecule has 1 heterocycles. The Morgan fingerprint density at radius 1 is 0.912 bits per heavy atom. The number of anilines is 1. The van der Waals surface area contributed by atoms with Gasteiger partial charge in [0.2, 0.25) is 0 Å². The van der Waals surface area contributed by atoms with E-state index in [9.17, 15) is 0 Å². The molecule has 1 aromatic heterocycles. The molecule has 0 aliphatic carbocycles. The van der Waals surface area contributed by atoms with Crippen LogP contribution in [0.4, 0.5) is 5.82 Å². The molecule has 174 valence electrons. The number of nitrogens with zero attached hydrogens (tertiary/aromatic N) is 2. The van der Waals surface area contributed by atoms with E-state index >= 15 is 0 Å². The Balaban J connectivity index is 1.66. The first-order valence-electron chi connectivity index (χ1n) is 12.2. The van der Waals surface area contributed by atoms with E-state index in [0.29, 0.717) is 0 Å². The van der Waals surface area contributed by atoms with E-state index in [0.717, 1.165) is 36.3 Å². The lowest BCUT2D eigenvalue weighted by Crippen LogP contribution is -2.25. The average molecular weight is 449 g/mol. The van der Waals surface area contributed by atoms with Crippen molar-refractivity contribution in [3.8, 4) is 11.1 Å². The molecule has 0 atom stereocenters. The molecule has 0 radical (unpaired) electrons. The Labute approximate surface area is 205 Å². The molecule has 4 rings (SSSR count). The first kappa shape index (κ1) is 23.8. The summed E-state index contributed by atoms with van der Waals surface area (Å²) in [5, 5.41) is 2.35. The van der Waals surface area contributed by atoms with Gasteiger partial charge in [0.1, 0.15) is 5.82 Å². The quantitative estimate of drug-likeness (QED) is 0.281. The van der Waals surface area contributed by atoms with Gasteiger partial charge in [0.15, 0.2) is 0 Å². The van der Waals surface area contributed by atoms with E-state index in [1.165, 1.54) is 33.2 Å². The first-order valence-corrected chi connectivity index (χ1v) is 12.2. The second kappa shape index (κ2) is 9.85. The molecule has 3 aromatic carbocycles. The highest BCUT2D eigenvalue weighted by atomic mass is 15.2. The number of allylic oxidation sites excluding steroid dienone is 1. The standard InChI is InChI=1S/C32H36N2/c1-7-26-16-17-29(20-23(26)2)27-14-12-25(13-15-27)22-34(24(3)21-32(4,5)6)31-30-11-9-8-10-28(30)18-19-33-31/h8-20H,3,7,21-22H2,1-2,4-6H3. The van der Waals surface area contributed by atoms with Crippen molar-refractivity contribution in [2.24, 2.45) is 5.41 Å². The van der Waals surface area contributed by atoms with E-state index in [1.54, 1.807) is 0 Å². The van der Waals surface area contributed by atoms with Crippen molar-refractivity contribution in [1.82, 2.24) is 4.98 Å². The van der Waals surface area contributed by atoms with Crippen LogP contribution in [0.3, 0.4) is 0 Å². The summed E-state index contributed by atoms with van der Waals surface area (Å²) in [7, 11) is 0. The third-order valence-electron chi connectivity index (χ3n) is 6.38. The van der Waals surface area contributed by atoms with Crippen LogP contribution in [0.2, 0.25) is 0 Å². The van der Waals surface area contributed by atoms with Crippen molar-refractivity contribution >= 4 is 16.6 Å². The predicted molar refractivity (Wildman–Crippen MR) is 147 cm³/mol. The third kappa shape index (κ3) is 5.39. The summed E-state index contributed by atoms with van der Waals surface area (Å²) in [5.41, 5.74) is 7.77. The predicted octanol–water partition coefficient (Wildman–Crippen LogP) is 8.73. The highest BCUT2D eigenvalue weighted by Crippen LogP contribution is 2.33. The van der Waals surface area contributed by atoms with Gasteiger partial charge in [0.05, 0.1) is 0 Å². The van der Waals surface area contributed by atoms with Gasteiger partial charge in [0, 0.05) is 23.8 Å². The summed E-state index contributed by atoms with van der Waals surface area (Å²) in [4.78, 5) is 7.11. The van der Waals surface area contributed by atoms with Gasteiger partial charge in [-0.05, 0) is 64.5 Å². The van der Waals surface area contributed by atoms with Gasteiger partial charge in [0.25, 0.3) is 0 Å². The molecule has 0 aliphatic heterocycles. The van der Waals surface area contributed by atoms with Gasteiger partial charge in [-0.25, -0.2) is 4.98 Å². The van der Waals surface area contributed by atoms with Crippen LogP contribution in [-0.2, 0) is 13.0 Å². The van der Waals surface area contributed by atoms with Crippen molar-refractivity contribution in [1.29, 1.82) is 0 Å². The average Bonchev–Trinajstić information content (AvgIpc) is 2.81. The molecule has 34 heavy (non-hydrogen) atoms. The summed E-state index contributed by atoms with van der Waals surface area (Å²) in [6, 6.07) is 26.3. The minimum atomic E-state index is 0.145. The second-order valence-corrected chi connectivity index (χ2v) is 10.4. The number of hydrogen-bond acceptors (Lipinski definition) is 2. The Bertz CT molecular complexity index is 1290. The fraction of sp³-hybridized carbons (Fsp3) is 0.281. The zero-order valence-electron chi connectivity index (χ0n) is 21.2. The van der Waals surface area contributed by atoms with E-state index in [-0.39, 0.29) is 5.41 Å². The van der Waals surface area contributed by atoms with Crippen molar-refractivity contribution in [3.63, 3.8) is 0 Å². The smallest absolute Gasteiger partial charge is 0.140 e. The molecule has 0 spiro atoms. The highest BCUT2D eigenvalue weighted by Gasteiger charge is 2.20. The van der Waals surface area contributed by atoms with E-state index in [1.807, 2.05) is 6.20 Å². The van der Waals surface area contributed by atoms with Crippen LogP contribution in [0.15, 0.2) is 91.3 Å². The van der Waals surface area contributed by atoms with Crippen LogP contribution in [-0.4, -0.2) is 4.98 Å². The number of pyridine rings is 1. The summed E-state index contributed by atoms with van der Waals surface area (Å²) in [6.07, 6.45) is 3.88. The number of rotatable bonds is 7. The monoisotopic (exact) mass is 448 g/mol. The van der Waals surface area contributed by atoms with Crippen molar-refractivity contribution < 1.29 is 0 Å². The lowest BCUT2D eigenvalue weighted by atomic mass is 9.90. The van der Waals surface area contributed by atoms with Gasteiger partial charge in [-0.15, -0.1) is 0 Å². The summed E-state index contributed by atoms with van der Waals surface area (Å²) in [6.45, 7) is 16.4. The summed E-state index contributed by atoms with van der Waals surface area (Å²) < 4.78 is 0. The maximum absolute atomic E-state index is 4.81. The molecule has 0 bridgehead atoms. The summed E-state index contributed by atoms with van der Waals surface area (Å²) >= 11 is 0. The minimum absolute atomic E-state index is 0.145. The maximum atomic E-state index is 4.81. The molecule has 0 saturated carbocycles. The molecule has 2 nitrogen and oxygen atoms in total. The molecular weight excluding hydrogens is 412 g/mol. The molecule has 2 heteroatoms. The van der Waals surface area contributed by atoms with E-state index in [2.05, 4.69) is 119 Å². The zero-order chi connectivity index (χ0) is 24.3. The fourth-order valence-electron chi connectivity index (χ4n) is 4.62. The maximum Gasteiger partial charge on any atom is 0.140 e. The topological polar surface area (TPSA) is 16.1 Å². The Morgan fingerprint density at radius 2 is 1.62 bits per heavy atom. The second-order valence-electron chi connectivity index (χ2n) is 10.4. The molecule has 0 unspecified atom stereocenters. The minimum Gasteiger partial charge on any atom is -0.326 e. The van der Waals surface area contributed by atoms with E-state index < -0.39 is 0 Å². The Kier molecular flexibility index (Phi) is 6.88. The lowest BCUT2D eigenvalue weighted by Gasteiger charge is -2.31. The van der Waals surface area contributed by atoms with Crippen molar-refractivity contribution in [3.05, 3.63) is 108 Å². The highest BCUT2D eigenvalue weighted by molar-refractivity contribution is 5.92. The molecule has 0 amide bonds. The van der Waals surface area contributed by atoms with Gasteiger partial charge in [-0.1, -0.05) is 101 Å². The number of aromatic nitrogens is 1. The van der Waals surface area contributed by atoms with Crippen LogP contribution in [0, 0.1) is 12.3 Å². The number of benzene rings is 3. The third-order valence-corrected chi connectivity index (χ3v) is 6.38. The zero-order valence-corrected chi connectivity index (χ0v) is 21.2. The number of aryl methyl sites for hydroxylation is 2. The molecule has 0 N–H and O–H groups in total. The van der Waals surface area contributed by atoms with Crippen LogP contribution in [0.1, 0.15) is 50.8 Å². The normalized spacial score (nSPS) is 11.6. The molecular formula is C32H36N2. The lowest BCUT2D eigenvalue weighted by molar-refractivity contribution is 0.404. The molecule has 0 aliphatic rings. The van der Waals surface area contributed by atoms with Crippen LogP contribution in [0.5, 0.6) is 0 Å². The first-order chi connectivity index (χ1) is 16.2. The van der Waals surface area contributed by atoms with Crippen LogP contribution >= 0.6 is 0 Å². The van der Waals surface area contributed by atoms with Gasteiger partial charge < -0.3 is 4.90 Å². The molecule has 0 saturated heterocycles. The van der Waals surface area contributed by atoms with Gasteiger partial charge >= 0.3 is 0 Å². The van der Waals surface area contributed by atoms with Gasteiger partial charge in [-0.3, -0.25) is 0 Å². The van der Waals surface area contributed by atoms with Crippen LogP contribution < -0.4 is 4.90 Å². The van der Waals surface area contributed by atoms with Crippen LogP contribution in [0.25, 0.3) is 21.9 Å². The summed E-state index contributed by atoms with van der Waals surface area (Å²) in [5.74, 6) is 0.974. The largest absolute Gasteiger partial charge is 0.326 e. The molecule has 0 fully saturated rings. The van der Waals surface area contributed by atoms with E-state index in [4.69, 9.17) is 4.98 Å². The van der Waals surface area contributed by atoms with Gasteiger partial charge in [-0.2, -0.15) is 0 Å². The molecule has 4 aromatic rings. The fourth-order valence-corrected chi connectivity index (χ4v) is 4.62. The number of fused-ring (bicyclic) bond motifs is 1. The Morgan fingerprint density at radius 3 is 2.29 bits per heavy atom.